The fraction of sp³-hybridized carbons (Fsp3) is 0.766. The lowest BCUT2D eigenvalue weighted by Gasteiger charge is -2.24. The molecule has 0 bridgehead atoms. The summed E-state index contributed by atoms with van der Waals surface area (Å²) in [6.45, 7) is 8.08. The summed E-state index contributed by atoms with van der Waals surface area (Å²) in [4.78, 5) is 49.9. The van der Waals surface area contributed by atoms with E-state index in [4.69, 9.17) is 18.5 Å². The molecule has 0 fully saturated rings. The van der Waals surface area contributed by atoms with Crippen molar-refractivity contribution < 1.29 is 42.4 Å². The molecule has 350 valence electrons. The molecule has 2 aromatic rings. The summed E-state index contributed by atoms with van der Waals surface area (Å²) in [6, 6.07) is 6.37. The number of carbonyl (C=O) groups excluding carboxylic acids is 3. The number of aromatic nitrogens is 1. The predicted molar refractivity (Wildman–Crippen MR) is 245 cm³/mol. The number of phosphoric ester groups is 1. The summed E-state index contributed by atoms with van der Waals surface area (Å²) < 4.78 is 37.0. The van der Waals surface area contributed by atoms with Gasteiger partial charge in [-0.05, 0) is 36.8 Å². The van der Waals surface area contributed by atoms with Crippen molar-refractivity contribution in [2.75, 3.05) is 40.1 Å². The van der Waals surface area contributed by atoms with Gasteiger partial charge < -0.3 is 34.9 Å². The SMILES string of the molecule is CCCCCCCCCCCCCC(=O)N[C@H](COCC[C@@H](CCCCCCC)OC)COP(=O)(O)OCCNC(=O)[C@@H](NC(=O)Cc1cn(C)c2ccccc12)[C@@H](C)CC. The number of fused-ring (bicyclic) bond motifs is 1. The Morgan fingerprint density at radius 3 is 2.03 bits per heavy atom. The van der Waals surface area contributed by atoms with E-state index in [9.17, 15) is 23.8 Å². The van der Waals surface area contributed by atoms with Gasteiger partial charge in [0, 0.05) is 50.8 Å². The van der Waals surface area contributed by atoms with Crippen molar-refractivity contribution in [3.05, 3.63) is 36.0 Å². The first-order valence-corrected chi connectivity index (χ1v) is 25.1. The summed E-state index contributed by atoms with van der Waals surface area (Å²) >= 11 is 0. The highest BCUT2D eigenvalue weighted by Gasteiger charge is 2.28. The first-order chi connectivity index (χ1) is 29.4. The van der Waals surface area contributed by atoms with Crippen LogP contribution >= 0.6 is 7.82 Å². The molecule has 2 rings (SSSR count). The smallest absolute Gasteiger partial charge is 0.381 e. The topological polar surface area (TPSA) is 166 Å². The largest absolute Gasteiger partial charge is 0.472 e. The average Bonchev–Trinajstić information content (AvgIpc) is 3.56. The van der Waals surface area contributed by atoms with Crippen molar-refractivity contribution in [1.29, 1.82) is 0 Å². The number of nitrogens with zero attached hydrogens (tertiary/aromatic N) is 1. The third kappa shape index (κ3) is 24.0. The minimum absolute atomic E-state index is 0.0743. The minimum Gasteiger partial charge on any atom is -0.381 e. The molecule has 13 nitrogen and oxygen atoms in total. The number of para-hydroxylation sites is 1. The number of carbonyl (C=O) groups is 3. The number of methoxy groups -OCH3 is 1. The molecule has 1 aromatic heterocycles. The van der Waals surface area contributed by atoms with Crippen LogP contribution in [0.1, 0.15) is 162 Å². The fourth-order valence-corrected chi connectivity index (χ4v) is 8.27. The van der Waals surface area contributed by atoms with E-state index in [0.717, 1.165) is 48.6 Å². The molecule has 0 saturated carbocycles. The average molecular weight is 879 g/mol. The Morgan fingerprint density at radius 1 is 0.770 bits per heavy atom. The quantitative estimate of drug-likeness (QED) is 0.0380. The first-order valence-electron chi connectivity index (χ1n) is 23.6. The van der Waals surface area contributed by atoms with Crippen LogP contribution in [0, 0.1) is 5.92 Å². The summed E-state index contributed by atoms with van der Waals surface area (Å²) in [6.07, 6.45) is 23.8. The molecule has 1 heterocycles. The maximum atomic E-state index is 13.2. The van der Waals surface area contributed by atoms with Crippen molar-refractivity contribution in [2.24, 2.45) is 13.0 Å². The number of nitrogens with one attached hydrogen (secondary N) is 3. The number of unbranched alkanes of at least 4 members (excludes halogenated alkanes) is 14. The summed E-state index contributed by atoms with van der Waals surface area (Å²) in [5, 5.41) is 9.53. The molecule has 0 saturated heterocycles. The van der Waals surface area contributed by atoms with Crippen LogP contribution in [0.25, 0.3) is 10.9 Å². The number of aryl methyl sites for hydroxylation is 1. The molecule has 0 aliphatic carbocycles. The number of hydrogen-bond acceptors (Lipinski definition) is 8. The van der Waals surface area contributed by atoms with E-state index in [-0.39, 0.29) is 56.6 Å². The van der Waals surface area contributed by atoms with E-state index < -0.39 is 25.8 Å². The van der Waals surface area contributed by atoms with E-state index in [1.165, 1.54) is 77.0 Å². The molecule has 14 heteroatoms. The second kappa shape index (κ2) is 32.8. The third-order valence-corrected chi connectivity index (χ3v) is 12.5. The second-order valence-electron chi connectivity index (χ2n) is 16.8. The molecule has 0 radical (unpaired) electrons. The number of ether oxygens (including phenoxy) is 2. The van der Waals surface area contributed by atoms with Gasteiger partial charge in [-0.3, -0.25) is 23.4 Å². The fourth-order valence-electron chi connectivity index (χ4n) is 7.51. The van der Waals surface area contributed by atoms with Gasteiger partial charge in [0.1, 0.15) is 6.04 Å². The standard InChI is InChI=1S/C47H83N4O9P/c1-7-10-12-14-15-16-17-18-19-21-23-29-44(52)49-40(36-58-32-30-41(57-6)26-22-20-13-11-8-2)37-60-61(55,56)59-33-31-48-47(54)46(38(4)9-3)50-45(53)34-39-35-51(5)43-28-25-24-27-42(39)43/h24-25,27-28,35,38,40-41,46H,7-23,26,29-34,36-37H2,1-6H3,(H,48,54)(H,49,52)(H,50,53)(H,55,56)/t38-,40+,41+,46-/m0/s1. The van der Waals surface area contributed by atoms with Gasteiger partial charge in [0.15, 0.2) is 0 Å². The van der Waals surface area contributed by atoms with Crippen molar-refractivity contribution in [1.82, 2.24) is 20.5 Å². The molecule has 1 unspecified atom stereocenters. The maximum absolute atomic E-state index is 13.2. The Kier molecular flexibility index (Phi) is 29.2. The molecular formula is C47H83N4O9P. The highest BCUT2D eigenvalue weighted by molar-refractivity contribution is 7.47. The number of benzene rings is 1. The van der Waals surface area contributed by atoms with E-state index in [1.54, 1.807) is 7.11 Å². The van der Waals surface area contributed by atoms with Crippen LogP contribution in [-0.4, -0.2) is 85.5 Å². The summed E-state index contributed by atoms with van der Waals surface area (Å²) in [5.74, 6) is -1.01. The lowest BCUT2D eigenvalue weighted by Crippen LogP contribution is -2.51. The molecule has 0 spiro atoms. The Morgan fingerprint density at radius 2 is 1.39 bits per heavy atom. The molecule has 1 aromatic carbocycles. The van der Waals surface area contributed by atoms with E-state index in [2.05, 4.69) is 29.8 Å². The van der Waals surface area contributed by atoms with Gasteiger partial charge >= 0.3 is 7.82 Å². The van der Waals surface area contributed by atoms with Crippen molar-refractivity contribution >= 4 is 36.4 Å². The van der Waals surface area contributed by atoms with Crippen molar-refractivity contribution in [3.8, 4) is 0 Å². The molecule has 0 aliphatic heterocycles. The van der Waals surface area contributed by atoms with E-state index in [0.29, 0.717) is 25.9 Å². The Labute approximate surface area is 368 Å². The van der Waals surface area contributed by atoms with Gasteiger partial charge in [-0.25, -0.2) is 4.57 Å². The maximum Gasteiger partial charge on any atom is 0.472 e. The Bertz CT molecular complexity index is 1540. The lowest BCUT2D eigenvalue weighted by molar-refractivity contribution is -0.130. The van der Waals surface area contributed by atoms with Gasteiger partial charge in [-0.2, -0.15) is 0 Å². The summed E-state index contributed by atoms with van der Waals surface area (Å²) in [5.41, 5.74) is 1.89. The van der Waals surface area contributed by atoms with Gasteiger partial charge in [-0.1, -0.05) is 149 Å². The van der Waals surface area contributed by atoms with Gasteiger partial charge in [0.25, 0.3) is 0 Å². The van der Waals surface area contributed by atoms with Crippen LogP contribution in [0.5, 0.6) is 0 Å². The van der Waals surface area contributed by atoms with Crippen molar-refractivity contribution in [3.63, 3.8) is 0 Å². The lowest BCUT2D eigenvalue weighted by atomic mass is 9.98. The predicted octanol–water partition coefficient (Wildman–Crippen LogP) is 9.47. The molecule has 61 heavy (non-hydrogen) atoms. The molecular weight excluding hydrogens is 796 g/mol. The Balaban J connectivity index is 1.84. The van der Waals surface area contributed by atoms with Gasteiger partial charge in [-0.15, -0.1) is 0 Å². The van der Waals surface area contributed by atoms with E-state index in [1.807, 2.05) is 55.9 Å². The van der Waals surface area contributed by atoms with Gasteiger partial charge in [0.2, 0.25) is 17.7 Å². The van der Waals surface area contributed by atoms with Crippen LogP contribution in [0.2, 0.25) is 0 Å². The normalized spacial score (nSPS) is 14.6. The molecule has 5 atom stereocenters. The number of amides is 3. The zero-order valence-electron chi connectivity index (χ0n) is 38.7. The minimum atomic E-state index is -4.56. The third-order valence-electron chi connectivity index (χ3n) is 11.5. The van der Waals surface area contributed by atoms with Crippen LogP contribution in [0.4, 0.5) is 0 Å². The zero-order valence-corrected chi connectivity index (χ0v) is 39.6. The highest BCUT2D eigenvalue weighted by atomic mass is 31.2. The number of phosphoric acid groups is 1. The Hall–Kier alpha value is -2.80. The second-order valence-corrected chi connectivity index (χ2v) is 18.2. The number of rotatable bonds is 38. The molecule has 0 aliphatic rings. The van der Waals surface area contributed by atoms with Crippen LogP contribution in [-0.2, 0) is 50.9 Å². The first kappa shape index (κ1) is 54.3. The van der Waals surface area contributed by atoms with Crippen molar-refractivity contribution in [2.45, 2.75) is 181 Å². The zero-order chi connectivity index (χ0) is 44.7. The van der Waals surface area contributed by atoms with E-state index >= 15 is 0 Å². The monoisotopic (exact) mass is 879 g/mol. The van der Waals surface area contributed by atoms with Crippen LogP contribution < -0.4 is 16.0 Å². The molecule has 3 amide bonds. The van der Waals surface area contributed by atoms with Crippen LogP contribution in [0.15, 0.2) is 30.5 Å². The molecule has 4 N–H and O–H groups in total. The van der Waals surface area contributed by atoms with Crippen LogP contribution in [0.3, 0.4) is 0 Å². The van der Waals surface area contributed by atoms with Gasteiger partial charge in [0.05, 0.1) is 38.4 Å². The highest BCUT2D eigenvalue weighted by Crippen LogP contribution is 2.43. The summed E-state index contributed by atoms with van der Waals surface area (Å²) in [7, 11) is -0.915. The number of hydrogen-bond donors (Lipinski definition) is 4.